The maximum absolute atomic E-state index is 6.04. The topological polar surface area (TPSA) is 80.5 Å². The Morgan fingerprint density at radius 2 is 1.89 bits per heavy atom. The van der Waals surface area contributed by atoms with Crippen molar-refractivity contribution >= 4 is 38.4 Å². The Morgan fingerprint density at radius 3 is 2.83 bits per heavy atom. The second-order valence-electron chi connectivity index (χ2n) is 4.22. The summed E-state index contributed by atoms with van der Waals surface area (Å²) in [5.41, 5.74) is 9.43. The standard InChI is InChI=1S/C13H9N5/c14-8-3-16-5-10-13(8)12-7-1-2-15-4-9(7)18-11(12)6-17-10/h1-6,18H,14H2. The van der Waals surface area contributed by atoms with Crippen LogP contribution in [0.4, 0.5) is 5.69 Å². The summed E-state index contributed by atoms with van der Waals surface area (Å²) in [5.74, 6) is 0. The van der Waals surface area contributed by atoms with Gasteiger partial charge < -0.3 is 10.7 Å². The van der Waals surface area contributed by atoms with Crippen LogP contribution >= 0.6 is 0 Å². The third-order valence-electron chi connectivity index (χ3n) is 3.17. The number of fused-ring (bicyclic) bond motifs is 5. The van der Waals surface area contributed by atoms with Crippen LogP contribution in [0.2, 0.25) is 0 Å². The average molecular weight is 235 g/mol. The highest BCUT2D eigenvalue weighted by Gasteiger charge is 2.10. The van der Waals surface area contributed by atoms with Crippen LogP contribution in [0.5, 0.6) is 0 Å². The highest BCUT2D eigenvalue weighted by atomic mass is 14.8. The number of aromatic nitrogens is 4. The van der Waals surface area contributed by atoms with Crippen molar-refractivity contribution in [1.29, 1.82) is 0 Å². The van der Waals surface area contributed by atoms with Gasteiger partial charge in [-0.25, -0.2) is 0 Å². The minimum atomic E-state index is 0.642. The molecule has 4 rings (SSSR count). The lowest BCUT2D eigenvalue weighted by Crippen LogP contribution is -1.90. The summed E-state index contributed by atoms with van der Waals surface area (Å²) in [6, 6.07) is 1.98. The predicted molar refractivity (Wildman–Crippen MR) is 71.1 cm³/mol. The second-order valence-corrected chi connectivity index (χ2v) is 4.22. The molecule has 5 nitrogen and oxygen atoms in total. The van der Waals surface area contributed by atoms with E-state index in [1.54, 1.807) is 31.0 Å². The number of nitrogens with one attached hydrogen (secondary N) is 1. The van der Waals surface area contributed by atoms with Crippen LogP contribution in [0.1, 0.15) is 0 Å². The molecule has 4 heterocycles. The van der Waals surface area contributed by atoms with Gasteiger partial charge in [0.25, 0.3) is 0 Å². The molecule has 0 fully saturated rings. The third kappa shape index (κ3) is 1.08. The van der Waals surface area contributed by atoms with Crippen molar-refractivity contribution < 1.29 is 0 Å². The molecule has 0 atom stereocenters. The third-order valence-corrected chi connectivity index (χ3v) is 3.17. The van der Waals surface area contributed by atoms with E-state index in [1.165, 1.54) is 0 Å². The number of H-pyrrole nitrogens is 1. The first kappa shape index (κ1) is 9.35. The van der Waals surface area contributed by atoms with E-state index in [4.69, 9.17) is 5.73 Å². The molecular weight excluding hydrogens is 226 g/mol. The van der Waals surface area contributed by atoms with Crippen LogP contribution in [-0.4, -0.2) is 19.9 Å². The minimum Gasteiger partial charge on any atom is -0.397 e. The molecule has 5 heteroatoms. The van der Waals surface area contributed by atoms with Gasteiger partial charge >= 0.3 is 0 Å². The highest BCUT2D eigenvalue weighted by Crippen LogP contribution is 2.32. The molecule has 0 aromatic carbocycles. The van der Waals surface area contributed by atoms with Gasteiger partial charge in [0.2, 0.25) is 0 Å². The summed E-state index contributed by atoms with van der Waals surface area (Å²) in [5, 5.41) is 3.13. The van der Waals surface area contributed by atoms with Crippen molar-refractivity contribution in [2.24, 2.45) is 0 Å². The number of hydrogen-bond donors (Lipinski definition) is 2. The molecule has 18 heavy (non-hydrogen) atoms. The molecule has 0 bridgehead atoms. The van der Waals surface area contributed by atoms with Crippen LogP contribution in [-0.2, 0) is 0 Å². The van der Waals surface area contributed by atoms with Crippen molar-refractivity contribution in [3.05, 3.63) is 37.1 Å². The van der Waals surface area contributed by atoms with E-state index in [0.717, 1.165) is 32.7 Å². The average Bonchev–Trinajstić information content (AvgIpc) is 2.77. The molecule has 0 spiro atoms. The summed E-state index contributed by atoms with van der Waals surface area (Å²) in [4.78, 5) is 15.9. The molecule has 86 valence electrons. The largest absolute Gasteiger partial charge is 0.397 e. The van der Waals surface area contributed by atoms with E-state index in [9.17, 15) is 0 Å². The van der Waals surface area contributed by atoms with Gasteiger partial charge in [-0.05, 0) is 6.07 Å². The maximum atomic E-state index is 6.04. The predicted octanol–water partition coefficient (Wildman–Crippen LogP) is 2.24. The van der Waals surface area contributed by atoms with Crippen molar-refractivity contribution in [2.45, 2.75) is 0 Å². The van der Waals surface area contributed by atoms with Crippen molar-refractivity contribution in [3.8, 4) is 0 Å². The van der Waals surface area contributed by atoms with E-state index in [0.29, 0.717) is 5.69 Å². The lowest BCUT2D eigenvalue weighted by molar-refractivity contribution is 1.32. The number of pyridine rings is 3. The molecule has 0 aliphatic rings. The zero-order valence-electron chi connectivity index (χ0n) is 9.38. The van der Waals surface area contributed by atoms with E-state index >= 15 is 0 Å². The molecular formula is C13H9N5. The Kier molecular flexibility index (Phi) is 1.64. The van der Waals surface area contributed by atoms with Crippen molar-refractivity contribution in [2.75, 3.05) is 5.73 Å². The monoisotopic (exact) mass is 235 g/mol. The molecule has 0 radical (unpaired) electrons. The van der Waals surface area contributed by atoms with E-state index in [1.807, 2.05) is 6.07 Å². The van der Waals surface area contributed by atoms with E-state index in [-0.39, 0.29) is 0 Å². The number of nitrogens with zero attached hydrogens (tertiary/aromatic N) is 3. The smallest absolute Gasteiger partial charge is 0.0913 e. The molecule has 0 saturated carbocycles. The number of rotatable bonds is 0. The minimum absolute atomic E-state index is 0.642. The number of aromatic amines is 1. The van der Waals surface area contributed by atoms with Gasteiger partial charge in [-0.15, -0.1) is 0 Å². The SMILES string of the molecule is Nc1cncc2ncc3[nH]c4cnccc4c3c12. The fourth-order valence-electron chi connectivity index (χ4n) is 2.40. The van der Waals surface area contributed by atoms with Gasteiger partial charge in [0.05, 0.1) is 47.0 Å². The first-order valence-electron chi connectivity index (χ1n) is 5.58. The molecule has 0 unspecified atom stereocenters. The first-order chi connectivity index (χ1) is 8.84. The summed E-state index contributed by atoms with van der Waals surface area (Å²) in [6.07, 6.45) is 8.77. The molecule has 0 saturated heterocycles. The van der Waals surface area contributed by atoms with Crippen molar-refractivity contribution in [3.63, 3.8) is 0 Å². The summed E-state index contributed by atoms with van der Waals surface area (Å²) in [6.45, 7) is 0. The van der Waals surface area contributed by atoms with Crippen LogP contribution < -0.4 is 5.73 Å². The van der Waals surface area contributed by atoms with Gasteiger partial charge in [0.1, 0.15) is 0 Å². The number of nitrogen functional groups attached to an aromatic ring is 1. The fourth-order valence-corrected chi connectivity index (χ4v) is 2.40. The molecule has 4 aromatic rings. The van der Waals surface area contributed by atoms with Gasteiger partial charge in [-0.1, -0.05) is 0 Å². The molecule has 0 amide bonds. The Morgan fingerprint density at radius 1 is 0.944 bits per heavy atom. The quantitative estimate of drug-likeness (QED) is 0.489. The Balaban J connectivity index is 2.40. The van der Waals surface area contributed by atoms with Crippen LogP contribution in [0.15, 0.2) is 37.1 Å². The molecule has 3 N–H and O–H groups in total. The van der Waals surface area contributed by atoms with Crippen LogP contribution in [0, 0.1) is 0 Å². The van der Waals surface area contributed by atoms with Gasteiger partial charge in [-0.3, -0.25) is 15.0 Å². The van der Waals surface area contributed by atoms with Crippen LogP contribution in [0.25, 0.3) is 32.7 Å². The molecule has 4 aromatic heterocycles. The zero-order chi connectivity index (χ0) is 12.1. The number of hydrogen-bond acceptors (Lipinski definition) is 4. The fraction of sp³-hybridized carbons (Fsp3) is 0. The van der Waals surface area contributed by atoms with Gasteiger partial charge in [0, 0.05) is 22.4 Å². The lowest BCUT2D eigenvalue weighted by atomic mass is 10.1. The van der Waals surface area contributed by atoms with Gasteiger partial charge in [0.15, 0.2) is 0 Å². The Bertz CT molecular complexity index is 894. The molecule has 0 aliphatic heterocycles. The summed E-state index contributed by atoms with van der Waals surface area (Å²) >= 11 is 0. The first-order valence-corrected chi connectivity index (χ1v) is 5.58. The zero-order valence-corrected chi connectivity index (χ0v) is 9.38. The lowest BCUT2D eigenvalue weighted by Gasteiger charge is -2.02. The normalized spacial score (nSPS) is 11.6. The van der Waals surface area contributed by atoms with E-state index < -0.39 is 0 Å². The van der Waals surface area contributed by atoms with Crippen molar-refractivity contribution in [1.82, 2.24) is 19.9 Å². The highest BCUT2D eigenvalue weighted by molar-refractivity contribution is 6.21. The van der Waals surface area contributed by atoms with E-state index in [2.05, 4.69) is 19.9 Å². The molecule has 0 aliphatic carbocycles. The second kappa shape index (κ2) is 3.16. The van der Waals surface area contributed by atoms with Crippen LogP contribution in [0.3, 0.4) is 0 Å². The maximum Gasteiger partial charge on any atom is 0.0913 e. The summed E-state index contributed by atoms with van der Waals surface area (Å²) < 4.78 is 0. The number of nitrogens with two attached hydrogens (primary N) is 1. The van der Waals surface area contributed by atoms with Gasteiger partial charge in [-0.2, -0.15) is 0 Å². The summed E-state index contributed by atoms with van der Waals surface area (Å²) in [7, 11) is 0. The Hall–Kier alpha value is -2.69. The number of anilines is 1. The Labute approximate surface area is 102 Å².